The molecule has 0 aliphatic heterocycles. The summed E-state index contributed by atoms with van der Waals surface area (Å²) in [6, 6.07) is 9.20. The highest BCUT2D eigenvalue weighted by molar-refractivity contribution is 7.17. The van der Waals surface area contributed by atoms with Crippen molar-refractivity contribution < 1.29 is 18.4 Å². The van der Waals surface area contributed by atoms with Gasteiger partial charge in [-0.25, -0.2) is 4.39 Å². The van der Waals surface area contributed by atoms with Crippen molar-refractivity contribution in [2.24, 2.45) is 5.73 Å². The van der Waals surface area contributed by atoms with Gasteiger partial charge in [-0.2, -0.15) is 0 Å². The first kappa shape index (κ1) is 17.5. The van der Waals surface area contributed by atoms with Crippen molar-refractivity contribution in [2.45, 2.75) is 25.7 Å². The van der Waals surface area contributed by atoms with Gasteiger partial charge in [0.15, 0.2) is 5.76 Å². The van der Waals surface area contributed by atoms with E-state index in [4.69, 9.17) is 10.2 Å². The number of anilines is 1. The molecule has 4 rings (SSSR count). The van der Waals surface area contributed by atoms with Gasteiger partial charge in [0.05, 0.1) is 11.1 Å². The van der Waals surface area contributed by atoms with Crippen molar-refractivity contribution >= 4 is 28.2 Å². The van der Waals surface area contributed by atoms with E-state index in [0.29, 0.717) is 10.6 Å². The van der Waals surface area contributed by atoms with Gasteiger partial charge in [0.25, 0.3) is 11.8 Å². The summed E-state index contributed by atoms with van der Waals surface area (Å²) in [6.45, 7) is 0. The third-order valence-electron chi connectivity index (χ3n) is 4.61. The largest absolute Gasteiger partial charge is 0.451 e. The quantitative estimate of drug-likeness (QED) is 0.700. The smallest absolute Gasteiger partial charge is 0.292 e. The van der Waals surface area contributed by atoms with Gasteiger partial charge in [-0.3, -0.25) is 9.59 Å². The number of amides is 2. The maximum absolute atomic E-state index is 13.9. The Morgan fingerprint density at radius 2 is 1.89 bits per heavy atom. The highest BCUT2D eigenvalue weighted by atomic mass is 32.1. The van der Waals surface area contributed by atoms with Crippen LogP contribution in [0.15, 0.2) is 40.8 Å². The lowest BCUT2D eigenvalue weighted by Crippen LogP contribution is -2.18. The molecule has 2 aromatic heterocycles. The molecule has 27 heavy (non-hydrogen) atoms. The highest BCUT2D eigenvalue weighted by Gasteiger charge is 2.26. The molecule has 0 spiro atoms. The van der Waals surface area contributed by atoms with E-state index in [9.17, 15) is 14.0 Å². The minimum Gasteiger partial charge on any atom is -0.451 e. The van der Waals surface area contributed by atoms with E-state index < -0.39 is 17.6 Å². The molecule has 0 radical (unpaired) electrons. The Labute approximate surface area is 159 Å². The number of primary amides is 1. The third-order valence-corrected chi connectivity index (χ3v) is 5.82. The average molecular weight is 384 g/mol. The highest BCUT2D eigenvalue weighted by Crippen LogP contribution is 2.38. The summed E-state index contributed by atoms with van der Waals surface area (Å²) in [5.74, 6) is -1.18. The van der Waals surface area contributed by atoms with E-state index in [1.807, 2.05) is 0 Å². The molecule has 5 nitrogen and oxygen atoms in total. The second-order valence-electron chi connectivity index (χ2n) is 6.38. The summed E-state index contributed by atoms with van der Waals surface area (Å²) in [5, 5.41) is 3.18. The average Bonchev–Trinajstić information content (AvgIpc) is 3.26. The van der Waals surface area contributed by atoms with Gasteiger partial charge in [-0.05, 0) is 55.5 Å². The number of thiophene rings is 1. The Morgan fingerprint density at radius 3 is 2.67 bits per heavy atom. The lowest BCUT2D eigenvalue weighted by Gasteiger charge is -2.11. The van der Waals surface area contributed by atoms with Crippen molar-refractivity contribution in [3.63, 3.8) is 0 Å². The van der Waals surface area contributed by atoms with Gasteiger partial charge in [-0.1, -0.05) is 12.1 Å². The van der Waals surface area contributed by atoms with Gasteiger partial charge < -0.3 is 15.5 Å². The zero-order valence-corrected chi connectivity index (χ0v) is 15.2. The first-order chi connectivity index (χ1) is 13.0. The van der Waals surface area contributed by atoms with E-state index in [-0.39, 0.29) is 17.1 Å². The maximum atomic E-state index is 13.9. The normalized spacial score (nSPS) is 13.2. The molecule has 0 saturated carbocycles. The summed E-state index contributed by atoms with van der Waals surface area (Å²) in [4.78, 5) is 25.6. The predicted molar refractivity (Wildman–Crippen MR) is 102 cm³/mol. The summed E-state index contributed by atoms with van der Waals surface area (Å²) < 4.78 is 19.4. The number of halogens is 1. The second kappa shape index (κ2) is 7.00. The lowest BCUT2D eigenvalue weighted by atomic mass is 9.95. The molecule has 138 valence electrons. The maximum Gasteiger partial charge on any atom is 0.292 e. The number of carbonyl (C=O) groups is 2. The monoisotopic (exact) mass is 384 g/mol. The Kier molecular flexibility index (Phi) is 4.53. The molecule has 2 amide bonds. The van der Waals surface area contributed by atoms with Crippen molar-refractivity contribution in [3.8, 4) is 11.3 Å². The Morgan fingerprint density at radius 1 is 1.11 bits per heavy atom. The van der Waals surface area contributed by atoms with Crippen molar-refractivity contribution in [1.29, 1.82) is 0 Å². The van der Waals surface area contributed by atoms with Crippen molar-refractivity contribution in [1.82, 2.24) is 0 Å². The van der Waals surface area contributed by atoms with Crippen LogP contribution in [0.2, 0.25) is 0 Å². The Hall–Kier alpha value is -2.93. The molecule has 0 fully saturated rings. The van der Waals surface area contributed by atoms with Gasteiger partial charge in [0, 0.05) is 4.88 Å². The topological polar surface area (TPSA) is 85.3 Å². The first-order valence-corrected chi connectivity index (χ1v) is 9.46. The fourth-order valence-corrected chi connectivity index (χ4v) is 4.63. The molecule has 0 atom stereocenters. The molecule has 3 N–H and O–H groups in total. The fourth-order valence-electron chi connectivity index (χ4n) is 3.35. The van der Waals surface area contributed by atoms with E-state index in [1.165, 1.54) is 23.5 Å². The lowest BCUT2D eigenvalue weighted by molar-refractivity contribution is 0.0997. The second-order valence-corrected chi connectivity index (χ2v) is 7.48. The van der Waals surface area contributed by atoms with Crippen LogP contribution in [0.5, 0.6) is 0 Å². The van der Waals surface area contributed by atoms with Crippen LogP contribution in [0.4, 0.5) is 9.39 Å². The number of nitrogens with one attached hydrogen (secondary N) is 1. The predicted octanol–water partition coefficient (Wildman–Crippen LogP) is 4.38. The molecular weight excluding hydrogens is 367 g/mol. The molecule has 0 unspecified atom stereocenters. The van der Waals surface area contributed by atoms with Crippen LogP contribution in [0.3, 0.4) is 0 Å². The van der Waals surface area contributed by atoms with Gasteiger partial charge in [-0.15, -0.1) is 11.3 Å². The standard InChI is InChI=1S/C20H17FN2O3S/c21-13-7-3-1-5-11(13)14-9-10-15(26-14)19(25)23-20-17(18(22)24)12-6-2-4-8-16(12)27-20/h1,3,5,7,9-10H,2,4,6,8H2,(H2,22,24)(H,23,25). The summed E-state index contributed by atoms with van der Waals surface area (Å²) in [6.07, 6.45) is 3.73. The molecule has 3 aromatic rings. The molecule has 1 aliphatic rings. The van der Waals surface area contributed by atoms with Crippen LogP contribution < -0.4 is 11.1 Å². The van der Waals surface area contributed by atoms with Crippen LogP contribution in [0.25, 0.3) is 11.3 Å². The number of nitrogens with two attached hydrogens (primary N) is 1. The number of rotatable bonds is 4. The minimum atomic E-state index is -0.545. The van der Waals surface area contributed by atoms with Crippen LogP contribution in [0.1, 0.15) is 44.2 Å². The van der Waals surface area contributed by atoms with Gasteiger partial charge >= 0.3 is 0 Å². The molecule has 0 bridgehead atoms. The minimum absolute atomic E-state index is 0.0371. The summed E-state index contributed by atoms with van der Waals surface area (Å²) in [7, 11) is 0. The van der Waals surface area contributed by atoms with Crippen molar-refractivity contribution in [2.75, 3.05) is 5.32 Å². The first-order valence-electron chi connectivity index (χ1n) is 8.65. The number of hydrogen-bond donors (Lipinski definition) is 2. The number of fused-ring (bicyclic) bond motifs is 1. The molecule has 0 saturated heterocycles. The van der Waals surface area contributed by atoms with Gasteiger partial charge in [0.1, 0.15) is 16.6 Å². The molecule has 7 heteroatoms. The van der Waals surface area contributed by atoms with Crippen molar-refractivity contribution in [3.05, 3.63) is 64.0 Å². The fraction of sp³-hybridized carbons (Fsp3) is 0.200. The Bertz CT molecular complexity index is 1040. The van der Waals surface area contributed by atoms with E-state index in [1.54, 1.807) is 24.3 Å². The SMILES string of the molecule is NC(=O)c1c(NC(=O)c2ccc(-c3ccccc3F)o2)sc2c1CCCC2. The summed E-state index contributed by atoms with van der Waals surface area (Å²) in [5.41, 5.74) is 7.16. The molecule has 1 aromatic carbocycles. The summed E-state index contributed by atoms with van der Waals surface area (Å²) >= 11 is 1.38. The van der Waals surface area contributed by atoms with E-state index in [2.05, 4.69) is 5.32 Å². The van der Waals surface area contributed by atoms with Crippen LogP contribution in [-0.4, -0.2) is 11.8 Å². The van der Waals surface area contributed by atoms with Crippen LogP contribution >= 0.6 is 11.3 Å². The van der Waals surface area contributed by atoms with Gasteiger partial charge in [0.2, 0.25) is 0 Å². The molecule has 1 aliphatic carbocycles. The zero-order valence-electron chi connectivity index (χ0n) is 14.4. The number of hydrogen-bond acceptors (Lipinski definition) is 4. The van der Waals surface area contributed by atoms with E-state index >= 15 is 0 Å². The molecule has 2 heterocycles. The molecular formula is C20H17FN2O3S. The third kappa shape index (κ3) is 3.26. The number of carbonyl (C=O) groups excluding carboxylic acids is 2. The number of furan rings is 1. The van der Waals surface area contributed by atoms with E-state index in [0.717, 1.165) is 36.1 Å². The Balaban J connectivity index is 1.61. The zero-order chi connectivity index (χ0) is 19.0. The van der Waals surface area contributed by atoms with Crippen LogP contribution in [0, 0.1) is 5.82 Å². The van der Waals surface area contributed by atoms with Crippen LogP contribution in [-0.2, 0) is 12.8 Å². The number of aryl methyl sites for hydroxylation is 1. The number of benzene rings is 1.